The Morgan fingerprint density at radius 3 is 2.02 bits per heavy atom. The highest BCUT2D eigenvalue weighted by atomic mass is 32.1. The van der Waals surface area contributed by atoms with Gasteiger partial charge in [-0.2, -0.15) is 0 Å². The minimum Gasteiger partial charge on any atom is -0.309 e. The lowest BCUT2D eigenvalue weighted by Gasteiger charge is -2.31. The van der Waals surface area contributed by atoms with Crippen LogP contribution in [0.5, 0.6) is 0 Å². The molecular weight excluding hydrogens is 695 g/mol. The summed E-state index contributed by atoms with van der Waals surface area (Å²) in [6.07, 6.45) is 2.17. The second-order valence-corrected chi connectivity index (χ2v) is 17.4. The van der Waals surface area contributed by atoms with Crippen molar-refractivity contribution in [1.29, 1.82) is 0 Å². The molecule has 8 aromatic carbocycles. The molecule has 0 N–H and O–H groups in total. The molecule has 3 aliphatic rings. The highest BCUT2D eigenvalue weighted by Gasteiger charge is 2.48. The third kappa shape index (κ3) is 4.25. The molecule has 56 heavy (non-hydrogen) atoms. The highest BCUT2D eigenvalue weighted by molar-refractivity contribution is 7.26. The molecule has 1 spiro atoms. The fourth-order valence-electron chi connectivity index (χ4n) is 10.9. The van der Waals surface area contributed by atoms with Crippen LogP contribution in [-0.2, 0) is 17.3 Å². The van der Waals surface area contributed by atoms with Gasteiger partial charge >= 0.3 is 0 Å². The molecule has 3 aliphatic carbocycles. The van der Waals surface area contributed by atoms with Crippen molar-refractivity contribution >= 4 is 48.6 Å². The van der Waals surface area contributed by atoms with Crippen LogP contribution in [0, 0.1) is 0 Å². The number of benzene rings is 8. The third-order valence-electron chi connectivity index (χ3n) is 13.3. The van der Waals surface area contributed by atoms with Crippen LogP contribution >= 0.6 is 11.3 Å². The molecule has 266 valence electrons. The lowest BCUT2D eigenvalue weighted by molar-refractivity contribution is 0.626. The summed E-state index contributed by atoms with van der Waals surface area (Å²) in [5, 5.41) is 2.62. The van der Waals surface area contributed by atoms with Gasteiger partial charge in [0.25, 0.3) is 0 Å². The molecule has 0 saturated heterocycles. The average Bonchev–Trinajstić information content (AvgIpc) is 3.97. The van der Waals surface area contributed by atoms with Crippen molar-refractivity contribution in [2.24, 2.45) is 0 Å². The van der Waals surface area contributed by atoms with E-state index >= 15 is 0 Å². The van der Waals surface area contributed by atoms with Crippen molar-refractivity contribution in [2.45, 2.75) is 37.5 Å². The number of aryl methyl sites for hydroxylation is 1. The van der Waals surface area contributed by atoms with E-state index in [2.05, 4.69) is 195 Å². The molecule has 0 amide bonds. The maximum Gasteiger partial charge on any atom is 0.0640 e. The zero-order chi connectivity index (χ0) is 37.2. The molecule has 1 unspecified atom stereocenters. The van der Waals surface area contributed by atoms with Crippen LogP contribution in [-0.4, -0.2) is 0 Å². The summed E-state index contributed by atoms with van der Waals surface area (Å²) in [7, 11) is 0. The van der Waals surface area contributed by atoms with Crippen molar-refractivity contribution in [3.63, 3.8) is 0 Å². The van der Waals surface area contributed by atoms with Crippen LogP contribution in [0.25, 0.3) is 53.6 Å². The number of fused-ring (bicyclic) bond motifs is 13. The minimum atomic E-state index is -0.166. The van der Waals surface area contributed by atoms with Crippen LogP contribution in [0.4, 0.5) is 17.1 Å². The van der Waals surface area contributed by atoms with Crippen molar-refractivity contribution in [2.75, 3.05) is 4.90 Å². The van der Waals surface area contributed by atoms with E-state index < -0.39 is 0 Å². The highest BCUT2D eigenvalue weighted by Crippen LogP contribution is 2.60. The van der Waals surface area contributed by atoms with E-state index in [1.165, 1.54) is 98.3 Å². The maximum absolute atomic E-state index is 2.54. The second-order valence-electron chi connectivity index (χ2n) is 16.4. The lowest BCUT2D eigenvalue weighted by Crippen LogP contribution is -2.24. The Morgan fingerprint density at radius 2 is 1.12 bits per heavy atom. The molecule has 0 bridgehead atoms. The smallest absolute Gasteiger partial charge is 0.0640 e. The molecule has 1 heterocycles. The van der Waals surface area contributed by atoms with Gasteiger partial charge in [0.15, 0.2) is 0 Å². The predicted molar refractivity (Wildman–Crippen MR) is 237 cm³/mol. The number of thiophene rings is 1. The molecular formula is C54H39NS. The molecule has 1 aromatic heterocycles. The van der Waals surface area contributed by atoms with Crippen molar-refractivity contribution in [3.8, 4) is 33.4 Å². The summed E-state index contributed by atoms with van der Waals surface area (Å²) < 4.78 is 2.62. The van der Waals surface area contributed by atoms with E-state index in [4.69, 9.17) is 0 Å². The van der Waals surface area contributed by atoms with Crippen molar-refractivity contribution < 1.29 is 0 Å². The zero-order valence-corrected chi connectivity index (χ0v) is 32.3. The zero-order valence-electron chi connectivity index (χ0n) is 31.5. The van der Waals surface area contributed by atoms with E-state index in [1.54, 1.807) is 0 Å². The third-order valence-corrected chi connectivity index (χ3v) is 14.5. The Bertz CT molecular complexity index is 3090. The summed E-state index contributed by atoms with van der Waals surface area (Å²) in [5.74, 6) is 0. The molecule has 0 aliphatic heterocycles. The Labute approximate surface area is 332 Å². The number of hydrogen-bond acceptors (Lipinski definition) is 2. The van der Waals surface area contributed by atoms with E-state index in [0.29, 0.717) is 0 Å². The molecule has 0 fully saturated rings. The van der Waals surface area contributed by atoms with E-state index in [9.17, 15) is 0 Å². The van der Waals surface area contributed by atoms with Gasteiger partial charge in [-0.3, -0.25) is 0 Å². The van der Waals surface area contributed by atoms with Gasteiger partial charge in [0, 0.05) is 37.7 Å². The first-order valence-corrected chi connectivity index (χ1v) is 20.7. The standard InChI is InChI=1S/C54H39NS/c1-53(2)46-24-8-4-18-40(46)43-21-12-20-38(51(43)53)35-15-11-16-36(32-35)55(49-26-13-22-44-42-19-6-10-27-50(42)56-52(44)49)37-28-29-41-39-17-5-9-25-47(39)54(48(41)33-37)31-30-34-14-3-7-23-45(34)54/h3-29,32-33H,30-31H2,1-2H3. The van der Waals surface area contributed by atoms with E-state index in [-0.39, 0.29) is 10.8 Å². The van der Waals surface area contributed by atoms with Gasteiger partial charge in [-0.15, -0.1) is 11.3 Å². The summed E-state index contributed by atoms with van der Waals surface area (Å²) in [6, 6.07) is 66.5. The van der Waals surface area contributed by atoms with Gasteiger partial charge in [-0.05, 0) is 116 Å². The summed E-state index contributed by atoms with van der Waals surface area (Å²) in [6.45, 7) is 4.78. The Balaban J connectivity index is 1.10. The van der Waals surface area contributed by atoms with Crippen molar-refractivity contribution in [1.82, 2.24) is 0 Å². The second kappa shape index (κ2) is 11.6. The normalized spacial score (nSPS) is 16.8. The van der Waals surface area contributed by atoms with Gasteiger partial charge in [0.05, 0.1) is 10.4 Å². The fraction of sp³-hybridized carbons (Fsp3) is 0.111. The Hall–Kier alpha value is -6.22. The molecule has 2 heteroatoms. The first-order valence-electron chi connectivity index (χ1n) is 19.9. The molecule has 1 nitrogen and oxygen atoms in total. The van der Waals surface area contributed by atoms with Gasteiger partial charge in [-0.1, -0.05) is 153 Å². The Kier molecular flexibility index (Phi) is 6.67. The fourth-order valence-corrected chi connectivity index (χ4v) is 12.1. The van der Waals surface area contributed by atoms with Crippen LogP contribution in [0.15, 0.2) is 176 Å². The summed E-state index contributed by atoms with van der Waals surface area (Å²) >= 11 is 1.90. The summed E-state index contributed by atoms with van der Waals surface area (Å²) in [5.41, 5.74) is 19.9. The monoisotopic (exact) mass is 733 g/mol. The van der Waals surface area contributed by atoms with Gasteiger partial charge in [-0.25, -0.2) is 0 Å². The number of hydrogen-bond donors (Lipinski definition) is 0. The first kappa shape index (κ1) is 32.1. The van der Waals surface area contributed by atoms with Crippen LogP contribution in [0.3, 0.4) is 0 Å². The van der Waals surface area contributed by atoms with E-state index in [0.717, 1.165) is 18.5 Å². The maximum atomic E-state index is 2.54. The quantitative estimate of drug-likeness (QED) is 0.174. The Morgan fingerprint density at radius 1 is 0.482 bits per heavy atom. The minimum absolute atomic E-state index is 0.109. The van der Waals surface area contributed by atoms with Gasteiger partial charge in [0.2, 0.25) is 0 Å². The topological polar surface area (TPSA) is 3.24 Å². The van der Waals surface area contributed by atoms with Crippen LogP contribution in [0.2, 0.25) is 0 Å². The predicted octanol–water partition coefficient (Wildman–Crippen LogP) is 14.8. The number of anilines is 3. The molecule has 0 saturated carbocycles. The van der Waals surface area contributed by atoms with Crippen LogP contribution < -0.4 is 4.90 Å². The summed E-state index contributed by atoms with van der Waals surface area (Å²) in [4.78, 5) is 2.54. The molecule has 12 rings (SSSR count). The first-order chi connectivity index (χ1) is 27.5. The van der Waals surface area contributed by atoms with Crippen molar-refractivity contribution in [3.05, 3.63) is 209 Å². The van der Waals surface area contributed by atoms with Gasteiger partial charge in [0.1, 0.15) is 0 Å². The molecule has 1 atom stereocenters. The van der Waals surface area contributed by atoms with Gasteiger partial charge < -0.3 is 4.90 Å². The largest absolute Gasteiger partial charge is 0.309 e. The number of nitrogens with zero attached hydrogens (tertiary/aromatic N) is 1. The molecule has 0 radical (unpaired) electrons. The van der Waals surface area contributed by atoms with E-state index in [1.807, 2.05) is 11.3 Å². The van der Waals surface area contributed by atoms with Crippen LogP contribution in [0.1, 0.15) is 53.6 Å². The lowest BCUT2D eigenvalue weighted by atomic mass is 9.73. The number of rotatable bonds is 4. The average molecular weight is 734 g/mol. The molecule has 9 aromatic rings. The SMILES string of the molecule is CC1(C)c2ccccc2-c2cccc(-c3cccc(N(c4ccc5c(c4)C4(CCc6ccccc64)c4ccccc4-5)c4cccc5c4sc4ccccc45)c3)c21.